The van der Waals surface area contributed by atoms with Crippen molar-refractivity contribution in [2.45, 2.75) is 20.8 Å². The molecule has 0 fully saturated rings. The zero-order chi connectivity index (χ0) is 15.0. The first-order chi connectivity index (χ1) is 9.60. The van der Waals surface area contributed by atoms with Gasteiger partial charge < -0.3 is 23.8 Å². The van der Waals surface area contributed by atoms with Gasteiger partial charge in [0.2, 0.25) is 0 Å². The summed E-state index contributed by atoms with van der Waals surface area (Å²) >= 11 is 0. The summed E-state index contributed by atoms with van der Waals surface area (Å²) in [7, 11) is 3.21. The lowest BCUT2D eigenvalue weighted by Crippen LogP contribution is -2.31. The molecular formula is C15H25NO4. The van der Waals surface area contributed by atoms with Crippen molar-refractivity contribution in [2.75, 3.05) is 46.2 Å². The van der Waals surface area contributed by atoms with Gasteiger partial charge in [-0.05, 0) is 31.9 Å². The summed E-state index contributed by atoms with van der Waals surface area (Å²) < 4.78 is 20.7. The Morgan fingerprint density at radius 3 is 1.70 bits per heavy atom. The summed E-state index contributed by atoms with van der Waals surface area (Å²) in [4.78, 5) is 2.03. The zero-order valence-corrected chi connectivity index (χ0v) is 13.1. The lowest BCUT2D eigenvalue weighted by Gasteiger charge is -2.27. The largest absolute Gasteiger partial charge is 0.359 e. The van der Waals surface area contributed by atoms with E-state index in [-0.39, 0.29) is 13.6 Å². The fourth-order valence-electron chi connectivity index (χ4n) is 2.30. The highest BCUT2D eigenvalue weighted by Crippen LogP contribution is 2.26. The molecule has 0 saturated carbocycles. The normalized spacial score (nSPS) is 10.8. The second kappa shape index (κ2) is 8.92. The average molecular weight is 283 g/mol. The smallest absolute Gasteiger partial charge is 0.148 e. The van der Waals surface area contributed by atoms with E-state index in [2.05, 4.69) is 32.9 Å². The van der Waals surface area contributed by atoms with Crippen LogP contribution in [0.1, 0.15) is 16.7 Å². The van der Waals surface area contributed by atoms with Crippen LogP contribution in [-0.4, -0.2) is 41.3 Å². The van der Waals surface area contributed by atoms with E-state index in [9.17, 15) is 0 Å². The van der Waals surface area contributed by atoms with E-state index in [0.29, 0.717) is 13.5 Å². The predicted octanol–water partition coefficient (Wildman–Crippen LogP) is 2.57. The van der Waals surface area contributed by atoms with E-state index in [4.69, 9.17) is 18.9 Å². The molecule has 0 aliphatic rings. The summed E-state index contributed by atoms with van der Waals surface area (Å²) in [5.41, 5.74) is 4.77. The van der Waals surface area contributed by atoms with E-state index in [1.807, 2.05) is 4.90 Å². The molecule has 114 valence electrons. The SMILES string of the molecule is COCOCN(COCOC)c1c(C)cc(C)cc1C. The molecule has 0 amide bonds. The highest BCUT2D eigenvalue weighted by Gasteiger charge is 2.13. The van der Waals surface area contributed by atoms with E-state index in [1.54, 1.807) is 14.2 Å². The molecule has 0 saturated heterocycles. The molecule has 1 aromatic rings. The second-order valence-corrected chi connectivity index (χ2v) is 4.77. The summed E-state index contributed by atoms with van der Waals surface area (Å²) in [5.74, 6) is 0. The number of hydrogen-bond donors (Lipinski definition) is 0. The highest BCUT2D eigenvalue weighted by molar-refractivity contribution is 5.59. The molecule has 0 bridgehead atoms. The van der Waals surface area contributed by atoms with Crippen LogP contribution in [0.4, 0.5) is 5.69 Å². The van der Waals surface area contributed by atoms with Crippen molar-refractivity contribution in [3.8, 4) is 0 Å². The summed E-state index contributed by atoms with van der Waals surface area (Å²) in [6, 6.07) is 4.31. The Bertz CT molecular complexity index is 376. The van der Waals surface area contributed by atoms with Crippen LogP contribution >= 0.6 is 0 Å². The van der Waals surface area contributed by atoms with Gasteiger partial charge in [0.1, 0.15) is 27.0 Å². The molecule has 0 N–H and O–H groups in total. The molecule has 5 heteroatoms. The van der Waals surface area contributed by atoms with Crippen molar-refractivity contribution in [1.82, 2.24) is 0 Å². The summed E-state index contributed by atoms with van der Waals surface area (Å²) in [6.45, 7) is 7.60. The monoisotopic (exact) mass is 283 g/mol. The Morgan fingerprint density at radius 1 is 0.850 bits per heavy atom. The standard InChI is InChI=1S/C15H25NO4/c1-12-6-13(2)15(14(3)7-12)16(8-19-10-17-4)9-20-11-18-5/h6-7H,8-11H2,1-5H3. The molecular weight excluding hydrogens is 258 g/mol. The van der Waals surface area contributed by atoms with Crippen molar-refractivity contribution in [3.05, 3.63) is 28.8 Å². The number of anilines is 1. The Hall–Kier alpha value is -1.14. The minimum Gasteiger partial charge on any atom is -0.359 e. The molecule has 1 rings (SSSR count). The molecule has 0 heterocycles. The average Bonchev–Trinajstić information content (AvgIpc) is 2.37. The Balaban J connectivity index is 2.84. The Morgan fingerprint density at radius 2 is 1.30 bits per heavy atom. The topological polar surface area (TPSA) is 40.2 Å². The molecule has 0 unspecified atom stereocenters. The van der Waals surface area contributed by atoms with Crippen molar-refractivity contribution in [3.63, 3.8) is 0 Å². The zero-order valence-electron chi connectivity index (χ0n) is 13.1. The van der Waals surface area contributed by atoms with Crippen LogP contribution in [0.5, 0.6) is 0 Å². The van der Waals surface area contributed by atoms with E-state index in [1.165, 1.54) is 16.7 Å². The van der Waals surface area contributed by atoms with Gasteiger partial charge in [-0.3, -0.25) is 0 Å². The number of methoxy groups -OCH3 is 2. The minimum atomic E-state index is 0.255. The Kier molecular flexibility index (Phi) is 7.54. The third kappa shape index (κ3) is 5.09. The molecule has 0 spiro atoms. The van der Waals surface area contributed by atoms with Crippen LogP contribution in [0.25, 0.3) is 0 Å². The second-order valence-electron chi connectivity index (χ2n) is 4.77. The maximum absolute atomic E-state index is 5.45. The van der Waals surface area contributed by atoms with Crippen LogP contribution in [0.2, 0.25) is 0 Å². The van der Waals surface area contributed by atoms with Gasteiger partial charge in [0, 0.05) is 19.9 Å². The summed E-state index contributed by atoms with van der Waals surface area (Å²) in [6.07, 6.45) is 0. The number of aryl methyl sites for hydroxylation is 3. The van der Waals surface area contributed by atoms with Gasteiger partial charge in [-0.25, -0.2) is 0 Å². The van der Waals surface area contributed by atoms with Gasteiger partial charge in [0.25, 0.3) is 0 Å². The van der Waals surface area contributed by atoms with Crippen molar-refractivity contribution in [1.29, 1.82) is 0 Å². The van der Waals surface area contributed by atoms with Gasteiger partial charge >= 0.3 is 0 Å². The molecule has 0 radical (unpaired) electrons. The quantitative estimate of drug-likeness (QED) is 0.514. The van der Waals surface area contributed by atoms with Crippen LogP contribution < -0.4 is 4.90 Å². The van der Waals surface area contributed by atoms with Crippen molar-refractivity contribution >= 4 is 5.69 Å². The van der Waals surface area contributed by atoms with E-state index in [0.717, 1.165) is 5.69 Å². The lowest BCUT2D eigenvalue weighted by atomic mass is 10.0. The van der Waals surface area contributed by atoms with Gasteiger partial charge in [0.05, 0.1) is 0 Å². The molecule has 0 aliphatic carbocycles. The molecule has 0 aromatic heterocycles. The number of rotatable bonds is 9. The molecule has 0 aliphatic heterocycles. The van der Waals surface area contributed by atoms with Crippen LogP contribution in [0.15, 0.2) is 12.1 Å². The van der Waals surface area contributed by atoms with Gasteiger partial charge in [-0.1, -0.05) is 17.7 Å². The van der Waals surface area contributed by atoms with Crippen molar-refractivity contribution in [2.24, 2.45) is 0 Å². The van der Waals surface area contributed by atoms with Gasteiger partial charge in [-0.15, -0.1) is 0 Å². The third-order valence-corrected chi connectivity index (χ3v) is 2.85. The minimum absolute atomic E-state index is 0.255. The first kappa shape index (κ1) is 16.9. The van der Waals surface area contributed by atoms with Gasteiger partial charge in [0.15, 0.2) is 0 Å². The number of nitrogens with zero attached hydrogens (tertiary/aromatic N) is 1. The maximum Gasteiger partial charge on any atom is 0.148 e. The number of hydrogen-bond acceptors (Lipinski definition) is 5. The predicted molar refractivity (Wildman–Crippen MR) is 78.8 cm³/mol. The van der Waals surface area contributed by atoms with E-state index < -0.39 is 0 Å². The Labute approximate surface area is 121 Å². The van der Waals surface area contributed by atoms with Crippen LogP contribution in [0, 0.1) is 20.8 Å². The maximum atomic E-state index is 5.45. The highest BCUT2D eigenvalue weighted by atomic mass is 16.7. The van der Waals surface area contributed by atoms with Crippen LogP contribution in [0.3, 0.4) is 0 Å². The van der Waals surface area contributed by atoms with Crippen LogP contribution in [-0.2, 0) is 18.9 Å². The van der Waals surface area contributed by atoms with Gasteiger partial charge in [-0.2, -0.15) is 0 Å². The fourth-order valence-corrected chi connectivity index (χ4v) is 2.30. The van der Waals surface area contributed by atoms with Crippen molar-refractivity contribution < 1.29 is 18.9 Å². The number of benzene rings is 1. The fraction of sp³-hybridized carbons (Fsp3) is 0.600. The number of ether oxygens (including phenoxy) is 4. The summed E-state index contributed by atoms with van der Waals surface area (Å²) in [5, 5.41) is 0. The molecule has 0 atom stereocenters. The third-order valence-electron chi connectivity index (χ3n) is 2.85. The van der Waals surface area contributed by atoms with E-state index >= 15 is 0 Å². The molecule has 1 aromatic carbocycles. The molecule has 5 nitrogen and oxygen atoms in total. The lowest BCUT2D eigenvalue weighted by molar-refractivity contribution is -0.0553. The first-order valence-corrected chi connectivity index (χ1v) is 6.56. The molecule has 20 heavy (non-hydrogen) atoms. The first-order valence-electron chi connectivity index (χ1n) is 6.56.